The molecule has 2 nitrogen and oxygen atoms in total. The Kier molecular flexibility index (Phi) is 1.42. The Morgan fingerprint density at radius 3 is 1.20 bits per heavy atom. The first-order valence-electron chi connectivity index (χ1n) is 1.41. The summed E-state index contributed by atoms with van der Waals surface area (Å²) in [6.45, 7) is 0. The standard InChI is InChI=1S/2CH3.2O.Zr/h2*1H3;;;. The maximum atomic E-state index is 9.76. The average molecular weight is 153 g/mol. The molecule has 0 aromatic heterocycles. The zero-order valence-corrected chi connectivity index (χ0v) is 5.77. The minimum absolute atomic E-state index is 1.29. The summed E-state index contributed by atoms with van der Waals surface area (Å²) in [4.78, 5) is 0. The predicted octanol–water partition coefficient (Wildman–Crippen LogP) is 0.927. The molecule has 0 aliphatic carbocycles. The van der Waals surface area contributed by atoms with Crippen molar-refractivity contribution in [2.24, 2.45) is 0 Å². The molecule has 0 aliphatic heterocycles. The summed E-state index contributed by atoms with van der Waals surface area (Å²) < 4.78 is 22.1. The predicted molar refractivity (Wildman–Crippen MR) is 13.1 cm³/mol. The van der Waals surface area contributed by atoms with Crippen LogP contribution in [0.4, 0.5) is 0 Å². The molecule has 0 saturated heterocycles. The van der Waals surface area contributed by atoms with Crippen molar-refractivity contribution in [1.29, 1.82) is 0 Å². The van der Waals surface area contributed by atoms with Gasteiger partial charge in [-0.1, -0.05) is 0 Å². The second-order valence-electron chi connectivity index (χ2n) is 1.40. The van der Waals surface area contributed by atoms with Gasteiger partial charge in [0.2, 0.25) is 0 Å². The van der Waals surface area contributed by atoms with E-state index in [0.717, 1.165) is 0 Å². The van der Waals surface area contributed by atoms with Crippen LogP contribution in [-0.2, 0) is 25.9 Å². The molecular weight excluding hydrogens is 147 g/mol. The fourth-order valence-corrected chi connectivity index (χ4v) is 0. The normalized spacial score (nSPS) is 8.40. The molecule has 30 valence electrons. The van der Waals surface area contributed by atoms with E-state index in [4.69, 9.17) is 0 Å². The second-order valence-corrected chi connectivity index (χ2v) is 8.28. The zero-order chi connectivity index (χ0) is 4.50. The summed E-state index contributed by atoms with van der Waals surface area (Å²) in [5.41, 5.74) is 0. The first-order valence-corrected chi connectivity index (χ1v) is 8.33. The molecule has 0 unspecified atom stereocenters. The van der Waals surface area contributed by atoms with Gasteiger partial charge in [0.25, 0.3) is 0 Å². The van der Waals surface area contributed by atoms with Crippen LogP contribution in [0.5, 0.6) is 0 Å². The van der Waals surface area contributed by atoms with E-state index in [0.29, 0.717) is 0 Å². The quantitative estimate of drug-likeness (QED) is 0.519. The SMILES string of the molecule is [CH3][Zr]([CH3])(=[O])=[O]. The van der Waals surface area contributed by atoms with Crippen molar-refractivity contribution in [3.8, 4) is 0 Å². The Morgan fingerprint density at radius 1 is 1.20 bits per heavy atom. The molecule has 0 spiro atoms. The monoisotopic (exact) mass is 152 g/mol. The van der Waals surface area contributed by atoms with Crippen molar-refractivity contribution in [2.75, 3.05) is 0 Å². The molecule has 5 heavy (non-hydrogen) atoms. The Morgan fingerprint density at radius 2 is 1.20 bits per heavy atom. The molecule has 0 N–H and O–H groups in total. The Balaban J connectivity index is 4.06. The van der Waals surface area contributed by atoms with Crippen LogP contribution in [0.25, 0.3) is 0 Å². The zero-order valence-electron chi connectivity index (χ0n) is 3.32. The fraction of sp³-hybridized carbons (Fsp3) is 1.00. The van der Waals surface area contributed by atoms with Crippen molar-refractivity contribution >= 4 is 0 Å². The molecule has 0 rings (SSSR count). The molecule has 3 heteroatoms. The third kappa shape index (κ3) is 118. The van der Waals surface area contributed by atoms with Crippen LogP contribution in [-0.4, -0.2) is 0 Å². The first kappa shape index (κ1) is 5.48. The van der Waals surface area contributed by atoms with Crippen LogP contribution in [0.15, 0.2) is 0 Å². The van der Waals surface area contributed by atoms with Gasteiger partial charge in [-0.2, -0.15) is 0 Å². The summed E-state index contributed by atoms with van der Waals surface area (Å²) in [5.74, 6) is 0. The molecule has 0 aromatic rings. The van der Waals surface area contributed by atoms with E-state index in [1.54, 1.807) is 0 Å². The van der Waals surface area contributed by atoms with Crippen LogP contribution >= 0.6 is 0 Å². The van der Waals surface area contributed by atoms with Crippen molar-refractivity contribution in [2.45, 2.75) is 9.26 Å². The van der Waals surface area contributed by atoms with Gasteiger partial charge in [-0.15, -0.1) is 0 Å². The summed E-state index contributed by atoms with van der Waals surface area (Å²) in [5, 5.41) is 0. The van der Waals surface area contributed by atoms with Crippen molar-refractivity contribution in [3.05, 3.63) is 0 Å². The summed E-state index contributed by atoms with van der Waals surface area (Å²) in [7, 11) is 0. The van der Waals surface area contributed by atoms with Crippen LogP contribution in [0.2, 0.25) is 9.26 Å². The maximum absolute atomic E-state index is 9.76. The molecular formula is C2H6O2Zr. The van der Waals surface area contributed by atoms with E-state index in [1.807, 2.05) is 0 Å². The summed E-state index contributed by atoms with van der Waals surface area (Å²) in [6.07, 6.45) is 0. The molecule has 0 heterocycles. The molecule has 0 fully saturated rings. The van der Waals surface area contributed by atoms with Gasteiger partial charge < -0.3 is 0 Å². The van der Waals surface area contributed by atoms with Gasteiger partial charge in [0.1, 0.15) is 0 Å². The van der Waals surface area contributed by atoms with E-state index >= 15 is 0 Å². The Hall–Kier alpha value is 0.483. The van der Waals surface area contributed by atoms with Crippen LogP contribution in [0.1, 0.15) is 0 Å². The van der Waals surface area contributed by atoms with E-state index in [-0.39, 0.29) is 0 Å². The summed E-state index contributed by atoms with van der Waals surface area (Å²) >= 11 is -3.68. The van der Waals surface area contributed by atoms with Gasteiger partial charge in [0.15, 0.2) is 0 Å². The van der Waals surface area contributed by atoms with Gasteiger partial charge >= 0.3 is 35.2 Å². The number of rotatable bonds is 0. The van der Waals surface area contributed by atoms with Crippen molar-refractivity contribution < 1.29 is 25.9 Å². The van der Waals surface area contributed by atoms with Crippen molar-refractivity contribution in [3.63, 3.8) is 0 Å². The van der Waals surface area contributed by atoms with Gasteiger partial charge in [-0.3, -0.25) is 0 Å². The van der Waals surface area contributed by atoms with E-state index in [2.05, 4.69) is 0 Å². The topological polar surface area (TPSA) is 34.1 Å². The average Bonchev–Trinajstić information content (AvgIpc) is 0.722. The molecule has 0 amide bonds. The molecule has 0 radical (unpaired) electrons. The Bertz CT molecular complexity index is 90.8. The van der Waals surface area contributed by atoms with E-state index in [1.165, 1.54) is 9.26 Å². The number of hydrogen-bond acceptors (Lipinski definition) is 2. The van der Waals surface area contributed by atoms with Gasteiger partial charge in [0.05, 0.1) is 0 Å². The molecule has 0 bridgehead atoms. The molecule has 0 aliphatic rings. The van der Waals surface area contributed by atoms with Crippen LogP contribution in [0.3, 0.4) is 0 Å². The summed E-state index contributed by atoms with van der Waals surface area (Å²) in [6, 6.07) is 0. The van der Waals surface area contributed by atoms with E-state index < -0.39 is 20.3 Å². The third-order valence-electron chi connectivity index (χ3n) is 0. The minimum atomic E-state index is -3.68. The molecule has 0 atom stereocenters. The Labute approximate surface area is 35.5 Å². The van der Waals surface area contributed by atoms with Gasteiger partial charge in [0, 0.05) is 0 Å². The van der Waals surface area contributed by atoms with Crippen molar-refractivity contribution in [1.82, 2.24) is 0 Å². The third-order valence-corrected chi connectivity index (χ3v) is 0. The molecule has 0 aromatic carbocycles. The first-order chi connectivity index (χ1) is 2.00. The second kappa shape index (κ2) is 1.29. The van der Waals surface area contributed by atoms with Crippen LogP contribution in [0, 0.1) is 0 Å². The number of hydrogen-bond donors (Lipinski definition) is 0. The molecule has 0 saturated carbocycles. The van der Waals surface area contributed by atoms with Gasteiger partial charge in [-0.25, -0.2) is 0 Å². The van der Waals surface area contributed by atoms with Crippen LogP contribution < -0.4 is 0 Å². The fourth-order valence-electron chi connectivity index (χ4n) is 0. The van der Waals surface area contributed by atoms with Gasteiger partial charge in [-0.05, 0) is 0 Å². The van der Waals surface area contributed by atoms with E-state index in [9.17, 15) is 5.63 Å².